The molecule has 0 aromatic carbocycles. The van der Waals surface area contributed by atoms with Gasteiger partial charge in [0.2, 0.25) is 5.69 Å². The van der Waals surface area contributed by atoms with E-state index in [1.165, 1.54) is 12.8 Å². The van der Waals surface area contributed by atoms with Crippen molar-refractivity contribution in [1.82, 2.24) is 9.80 Å². The summed E-state index contributed by atoms with van der Waals surface area (Å²) in [7, 11) is 5.12. The van der Waals surface area contributed by atoms with Gasteiger partial charge in [-0.1, -0.05) is 13.8 Å². The number of amides is 1. The fraction of sp³-hybridized carbons (Fsp3) is 0.667. The van der Waals surface area contributed by atoms with Crippen molar-refractivity contribution in [3.8, 4) is 0 Å². The second-order valence-electron chi connectivity index (χ2n) is 6.94. The average Bonchev–Trinajstić information content (AvgIpc) is 2.54. The predicted molar refractivity (Wildman–Crippen MR) is 90.0 cm³/mol. The normalized spacial score (nSPS) is 16.6. The Morgan fingerprint density at radius 2 is 2.00 bits per heavy atom. The summed E-state index contributed by atoms with van der Waals surface area (Å²) in [6.45, 7) is 7.66. The first kappa shape index (κ1) is 17.7. The van der Waals surface area contributed by atoms with E-state index in [-0.39, 0.29) is 5.91 Å². The van der Waals surface area contributed by atoms with Crippen LogP contribution in [0.1, 0.15) is 42.9 Å². The SMILES string of the molecule is CO[n+]1c(CN2CCC(C(C)C)CC2)cccc1C(=O)N(C)C. The van der Waals surface area contributed by atoms with Crippen LogP contribution >= 0.6 is 0 Å². The van der Waals surface area contributed by atoms with Crippen molar-refractivity contribution in [1.29, 1.82) is 0 Å². The predicted octanol–water partition coefficient (Wildman–Crippen LogP) is 1.60. The molecule has 1 saturated heterocycles. The van der Waals surface area contributed by atoms with E-state index in [2.05, 4.69) is 18.7 Å². The Morgan fingerprint density at radius 1 is 1.35 bits per heavy atom. The van der Waals surface area contributed by atoms with Crippen LogP contribution in [0.2, 0.25) is 0 Å². The van der Waals surface area contributed by atoms with Crippen LogP contribution in [0, 0.1) is 11.8 Å². The van der Waals surface area contributed by atoms with Crippen LogP contribution in [-0.4, -0.2) is 50.0 Å². The van der Waals surface area contributed by atoms with E-state index in [0.717, 1.165) is 37.2 Å². The van der Waals surface area contributed by atoms with Crippen LogP contribution in [-0.2, 0) is 6.54 Å². The molecule has 0 aliphatic carbocycles. The zero-order valence-corrected chi connectivity index (χ0v) is 15.1. The molecule has 2 heterocycles. The first-order valence-electron chi connectivity index (χ1n) is 8.46. The molecule has 1 aromatic rings. The lowest BCUT2D eigenvalue weighted by Gasteiger charge is -2.33. The first-order valence-corrected chi connectivity index (χ1v) is 8.46. The van der Waals surface area contributed by atoms with E-state index in [0.29, 0.717) is 5.69 Å². The van der Waals surface area contributed by atoms with E-state index in [1.807, 2.05) is 12.1 Å². The maximum Gasteiger partial charge on any atom is 0.323 e. The van der Waals surface area contributed by atoms with Gasteiger partial charge in [0.1, 0.15) is 7.11 Å². The fourth-order valence-electron chi connectivity index (χ4n) is 3.27. The van der Waals surface area contributed by atoms with Crippen LogP contribution in [0.25, 0.3) is 0 Å². The highest BCUT2D eigenvalue weighted by Gasteiger charge is 2.29. The summed E-state index contributed by atoms with van der Waals surface area (Å²) in [5.74, 6) is 1.55. The summed E-state index contributed by atoms with van der Waals surface area (Å²) in [6, 6.07) is 5.77. The van der Waals surface area contributed by atoms with Crippen molar-refractivity contribution in [3.05, 3.63) is 29.6 Å². The minimum atomic E-state index is -0.0489. The maximum absolute atomic E-state index is 12.3. The van der Waals surface area contributed by atoms with Gasteiger partial charge in [-0.25, -0.2) is 0 Å². The molecule has 0 radical (unpaired) electrons. The van der Waals surface area contributed by atoms with Crippen molar-refractivity contribution >= 4 is 5.91 Å². The molecule has 0 atom stereocenters. The van der Waals surface area contributed by atoms with Gasteiger partial charge in [0, 0.05) is 31.0 Å². The van der Waals surface area contributed by atoms with Gasteiger partial charge in [0.05, 0.1) is 6.54 Å². The van der Waals surface area contributed by atoms with E-state index < -0.39 is 0 Å². The highest BCUT2D eigenvalue weighted by atomic mass is 16.6. The molecule has 128 valence electrons. The molecule has 23 heavy (non-hydrogen) atoms. The number of rotatable bonds is 5. The van der Waals surface area contributed by atoms with Gasteiger partial charge in [-0.2, -0.15) is 0 Å². The van der Waals surface area contributed by atoms with Gasteiger partial charge >= 0.3 is 11.6 Å². The van der Waals surface area contributed by atoms with Crippen molar-refractivity contribution in [2.75, 3.05) is 34.3 Å². The molecule has 1 fully saturated rings. The van der Waals surface area contributed by atoms with Crippen molar-refractivity contribution in [2.24, 2.45) is 11.8 Å². The van der Waals surface area contributed by atoms with E-state index in [1.54, 1.807) is 36.9 Å². The quantitative estimate of drug-likeness (QED) is 0.773. The van der Waals surface area contributed by atoms with Gasteiger partial charge in [-0.15, -0.1) is 0 Å². The third-order valence-electron chi connectivity index (χ3n) is 4.79. The lowest BCUT2D eigenvalue weighted by atomic mass is 9.87. The summed E-state index contributed by atoms with van der Waals surface area (Å²) in [6.07, 6.45) is 2.50. The number of pyridine rings is 1. The largest absolute Gasteiger partial charge is 0.339 e. The summed E-state index contributed by atoms with van der Waals surface area (Å²) in [4.78, 5) is 21.8. The lowest BCUT2D eigenvalue weighted by Crippen LogP contribution is -2.52. The van der Waals surface area contributed by atoms with Gasteiger partial charge in [-0.3, -0.25) is 14.5 Å². The molecule has 5 nitrogen and oxygen atoms in total. The zero-order valence-electron chi connectivity index (χ0n) is 15.1. The molecule has 0 N–H and O–H groups in total. The van der Waals surface area contributed by atoms with E-state index in [9.17, 15) is 4.79 Å². The molecule has 1 amide bonds. The summed E-state index contributed by atoms with van der Waals surface area (Å²) < 4.78 is 1.66. The van der Waals surface area contributed by atoms with Crippen LogP contribution in [0.15, 0.2) is 18.2 Å². The minimum Gasteiger partial charge on any atom is -0.339 e. The molecule has 0 unspecified atom stereocenters. The number of aromatic nitrogens is 1. The van der Waals surface area contributed by atoms with E-state index in [4.69, 9.17) is 4.84 Å². The van der Waals surface area contributed by atoms with Gasteiger partial charge < -0.3 is 4.90 Å². The van der Waals surface area contributed by atoms with Gasteiger partial charge in [0.15, 0.2) is 0 Å². The monoisotopic (exact) mass is 320 g/mol. The molecule has 0 spiro atoms. The summed E-state index contributed by atoms with van der Waals surface area (Å²) >= 11 is 0. The van der Waals surface area contributed by atoms with Crippen LogP contribution in [0.5, 0.6) is 0 Å². The topological polar surface area (TPSA) is 36.7 Å². The van der Waals surface area contributed by atoms with Crippen molar-refractivity contribution in [2.45, 2.75) is 33.2 Å². The second-order valence-corrected chi connectivity index (χ2v) is 6.94. The molecule has 1 aliphatic heterocycles. The van der Waals surface area contributed by atoms with Crippen LogP contribution < -0.4 is 9.57 Å². The molecule has 2 rings (SSSR count). The van der Waals surface area contributed by atoms with Crippen molar-refractivity contribution < 1.29 is 14.4 Å². The molecular formula is C18H30N3O2+. The number of carbonyl (C=O) groups excluding carboxylic acids is 1. The third kappa shape index (κ3) is 4.22. The number of carbonyl (C=O) groups is 1. The molecule has 1 aromatic heterocycles. The standard InChI is InChI=1S/C18H30N3O2/c1-14(2)15-9-11-20(12-10-15)13-16-7-6-8-17(21(16)23-5)18(22)19(3)4/h6-8,14-15H,9-13H2,1-5H3/q+1. The minimum absolute atomic E-state index is 0.0489. The highest BCUT2D eigenvalue weighted by Crippen LogP contribution is 2.24. The Morgan fingerprint density at radius 3 is 2.52 bits per heavy atom. The molecule has 0 bridgehead atoms. The average molecular weight is 320 g/mol. The molecule has 5 heteroatoms. The molecular weight excluding hydrogens is 290 g/mol. The first-order chi connectivity index (χ1) is 10.9. The number of likely N-dealkylation sites (tertiary alicyclic amines) is 1. The summed E-state index contributed by atoms with van der Waals surface area (Å²) in [5, 5.41) is 0. The third-order valence-corrected chi connectivity index (χ3v) is 4.79. The Labute approximate surface area is 139 Å². The summed E-state index contributed by atoms with van der Waals surface area (Å²) in [5.41, 5.74) is 1.58. The Hall–Kier alpha value is -1.62. The molecule has 0 saturated carbocycles. The zero-order chi connectivity index (χ0) is 17.0. The Balaban J connectivity index is 2.12. The molecule has 1 aliphatic rings. The number of piperidine rings is 1. The van der Waals surface area contributed by atoms with Crippen LogP contribution in [0.3, 0.4) is 0 Å². The Kier molecular flexibility index (Phi) is 5.99. The van der Waals surface area contributed by atoms with Crippen LogP contribution in [0.4, 0.5) is 0 Å². The maximum atomic E-state index is 12.3. The smallest absolute Gasteiger partial charge is 0.323 e. The van der Waals surface area contributed by atoms with Gasteiger partial charge in [-0.05, 0) is 43.8 Å². The lowest BCUT2D eigenvalue weighted by molar-refractivity contribution is -0.892. The highest BCUT2D eigenvalue weighted by molar-refractivity contribution is 5.90. The number of hydrogen-bond acceptors (Lipinski definition) is 3. The number of nitrogens with zero attached hydrogens (tertiary/aromatic N) is 3. The fourth-order valence-corrected chi connectivity index (χ4v) is 3.27. The van der Waals surface area contributed by atoms with Crippen molar-refractivity contribution in [3.63, 3.8) is 0 Å². The van der Waals surface area contributed by atoms with E-state index >= 15 is 0 Å². The number of hydrogen-bond donors (Lipinski definition) is 0. The Bertz CT molecular complexity index is 535. The second kappa shape index (κ2) is 7.77. The van der Waals surface area contributed by atoms with Gasteiger partial charge in [0.25, 0.3) is 0 Å².